The molecule has 0 aliphatic rings. The van der Waals surface area contributed by atoms with E-state index in [0.717, 1.165) is 5.56 Å². The number of rotatable bonds is 8. The molecular weight excluding hydrogens is 288 g/mol. The number of esters is 2. The highest BCUT2D eigenvalue weighted by molar-refractivity contribution is 5.99. The first-order chi connectivity index (χ1) is 10.5. The molecule has 0 aliphatic carbocycles. The van der Waals surface area contributed by atoms with Gasteiger partial charge in [0.05, 0.1) is 0 Å². The highest BCUT2D eigenvalue weighted by Gasteiger charge is 2.44. The molecule has 1 rings (SSSR count). The first-order valence-electron chi connectivity index (χ1n) is 7.06. The Hall–Kier alpha value is -2.37. The van der Waals surface area contributed by atoms with E-state index in [0.29, 0.717) is 0 Å². The first-order valence-corrected chi connectivity index (χ1v) is 7.06. The quantitative estimate of drug-likeness (QED) is 0.584. The lowest BCUT2D eigenvalue weighted by molar-refractivity contribution is -0.174. The molecular formula is C16H20O6. The van der Waals surface area contributed by atoms with Crippen LogP contribution in [0.2, 0.25) is 0 Å². The zero-order valence-corrected chi connectivity index (χ0v) is 12.7. The summed E-state index contributed by atoms with van der Waals surface area (Å²) in [6.45, 7) is 2.66. The summed E-state index contributed by atoms with van der Waals surface area (Å²) >= 11 is 0. The SMILES string of the molecule is CCC(CC)(C(=O)O)C(=O)OCC(=O)OCc1ccccc1. The number of ether oxygens (including phenoxy) is 2. The van der Waals surface area contributed by atoms with Gasteiger partial charge in [0.2, 0.25) is 0 Å². The lowest BCUT2D eigenvalue weighted by atomic mass is 9.82. The molecule has 1 N–H and O–H groups in total. The Morgan fingerprint density at radius 1 is 1.05 bits per heavy atom. The second-order valence-electron chi connectivity index (χ2n) is 4.82. The van der Waals surface area contributed by atoms with Crippen LogP contribution >= 0.6 is 0 Å². The Morgan fingerprint density at radius 3 is 2.14 bits per heavy atom. The Bertz CT molecular complexity index is 519. The predicted molar refractivity (Wildman–Crippen MR) is 77.8 cm³/mol. The molecule has 0 fully saturated rings. The molecule has 0 saturated heterocycles. The average molecular weight is 308 g/mol. The number of hydrogen-bond donors (Lipinski definition) is 1. The van der Waals surface area contributed by atoms with Gasteiger partial charge in [0.25, 0.3) is 0 Å². The van der Waals surface area contributed by atoms with Crippen molar-refractivity contribution in [3.63, 3.8) is 0 Å². The van der Waals surface area contributed by atoms with Crippen molar-refractivity contribution in [3.05, 3.63) is 35.9 Å². The summed E-state index contributed by atoms with van der Waals surface area (Å²) < 4.78 is 9.76. The van der Waals surface area contributed by atoms with Crippen molar-refractivity contribution >= 4 is 17.9 Å². The zero-order chi connectivity index (χ0) is 16.6. The Kier molecular flexibility index (Phi) is 6.56. The molecule has 0 radical (unpaired) electrons. The van der Waals surface area contributed by atoms with Gasteiger partial charge in [0.1, 0.15) is 6.61 Å². The molecule has 0 atom stereocenters. The Morgan fingerprint density at radius 2 is 1.64 bits per heavy atom. The maximum absolute atomic E-state index is 11.9. The fraction of sp³-hybridized carbons (Fsp3) is 0.438. The molecule has 0 aliphatic heterocycles. The third-order valence-corrected chi connectivity index (χ3v) is 3.57. The molecule has 1 aromatic rings. The van der Waals surface area contributed by atoms with Crippen LogP contribution in [0.5, 0.6) is 0 Å². The van der Waals surface area contributed by atoms with Gasteiger partial charge in [-0.05, 0) is 18.4 Å². The molecule has 0 saturated carbocycles. The summed E-state index contributed by atoms with van der Waals surface area (Å²) in [7, 11) is 0. The highest BCUT2D eigenvalue weighted by atomic mass is 16.6. The van der Waals surface area contributed by atoms with E-state index >= 15 is 0 Å². The van der Waals surface area contributed by atoms with Crippen molar-refractivity contribution in [1.29, 1.82) is 0 Å². The second-order valence-corrected chi connectivity index (χ2v) is 4.82. The predicted octanol–water partition coefficient (Wildman–Crippen LogP) is 2.16. The summed E-state index contributed by atoms with van der Waals surface area (Å²) in [5, 5.41) is 9.19. The number of benzene rings is 1. The van der Waals surface area contributed by atoms with E-state index in [-0.39, 0.29) is 19.4 Å². The van der Waals surface area contributed by atoms with E-state index in [1.54, 1.807) is 26.0 Å². The minimum absolute atomic E-state index is 0.0723. The number of hydrogen-bond acceptors (Lipinski definition) is 5. The lowest BCUT2D eigenvalue weighted by Crippen LogP contribution is -2.40. The van der Waals surface area contributed by atoms with E-state index in [4.69, 9.17) is 9.47 Å². The number of carbonyl (C=O) groups is 3. The molecule has 0 heterocycles. The van der Waals surface area contributed by atoms with Gasteiger partial charge in [0, 0.05) is 0 Å². The van der Waals surface area contributed by atoms with Crippen molar-refractivity contribution in [2.75, 3.05) is 6.61 Å². The molecule has 120 valence electrons. The fourth-order valence-electron chi connectivity index (χ4n) is 1.97. The molecule has 0 unspecified atom stereocenters. The van der Waals surface area contributed by atoms with Crippen LogP contribution in [-0.4, -0.2) is 29.6 Å². The highest BCUT2D eigenvalue weighted by Crippen LogP contribution is 2.28. The number of carboxylic acids is 1. The van der Waals surface area contributed by atoms with Crippen LogP contribution in [0.25, 0.3) is 0 Å². The van der Waals surface area contributed by atoms with Crippen LogP contribution in [0.15, 0.2) is 30.3 Å². The van der Waals surface area contributed by atoms with Crippen molar-refractivity contribution in [1.82, 2.24) is 0 Å². The third kappa shape index (κ3) is 4.31. The van der Waals surface area contributed by atoms with Gasteiger partial charge < -0.3 is 14.6 Å². The molecule has 0 bridgehead atoms. The van der Waals surface area contributed by atoms with Gasteiger partial charge in [-0.15, -0.1) is 0 Å². The normalized spacial score (nSPS) is 10.8. The van der Waals surface area contributed by atoms with Gasteiger partial charge in [-0.3, -0.25) is 9.59 Å². The monoisotopic (exact) mass is 308 g/mol. The molecule has 1 aromatic carbocycles. The topological polar surface area (TPSA) is 89.9 Å². The molecule has 0 aromatic heterocycles. The van der Waals surface area contributed by atoms with Crippen LogP contribution in [0.3, 0.4) is 0 Å². The second kappa shape index (κ2) is 8.17. The number of carboxylic acid groups (broad SMARTS) is 1. The van der Waals surface area contributed by atoms with Crippen molar-refractivity contribution in [3.8, 4) is 0 Å². The van der Waals surface area contributed by atoms with Gasteiger partial charge in [-0.25, -0.2) is 4.79 Å². The van der Waals surface area contributed by atoms with E-state index in [1.165, 1.54) is 0 Å². The van der Waals surface area contributed by atoms with E-state index in [9.17, 15) is 19.5 Å². The largest absolute Gasteiger partial charge is 0.480 e. The minimum atomic E-state index is -1.61. The maximum atomic E-state index is 11.9. The maximum Gasteiger partial charge on any atom is 0.344 e. The van der Waals surface area contributed by atoms with Crippen molar-refractivity contribution in [2.45, 2.75) is 33.3 Å². The molecule has 6 heteroatoms. The first kappa shape index (κ1) is 17.7. The zero-order valence-electron chi connectivity index (χ0n) is 12.7. The van der Waals surface area contributed by atoms with E-state index in [1.807, 2.05) is 18.2 Å². The summed E-state index contributed by atoms with van der Waals surface area (Å²) in [5.74, 6) is -2.88. The summed E-state index contributed by atoms with van der Waals surface area (Å²) in [5.41, 5.74) is -0.802. The third-order valence-electron chi connectivity index (χ3n) is 3.57. The van der Waals surface area contributed by atoms with Crippen molar-refractivity contribution in [2.24, 2.45) is 5.41 Å². The molecule has 0 amide bonds. The molecule has 6 nitrogen and oxygen atoms in total. The van der Waals surface area contributed by atoms with Crippen LogP contribution in [-0.2, 0) is 30.5 Å². The molecule has 22 heavy (non-hydrogen) atoms. The van der Waals surface area contributed by atoms with Crippen LogP contribution in [0.1, 0.15) is 32.3 Å². The van der Waals surface area contributed by atoms with E-state index in [2.05, 4.69) is 0 Å². The summed E-state index contributed by atoms with van der Waals surface area (Å²) in [6.07, 6.45) is 0.188. The summed E-state index contributed by atoms with van der Waals surface area (Å²) in [6, 6.07) is 9.06. The van der Waals surface area contributed by atoms with Crippen LogP contribution in [0.4, 0.5) is 0 Å². The van der Waals surface area contributed by atoms with Gasteiger partial charge in [0.15, 0.2) is 12.0 Å². The minimum Gasteiger partial charge on any atom is -0.480 e. The molecule has 0 spiro atoms. The number of aliphatic carboxylic acids is 1. The van der Waals surface area contributed by atoms with Gasteiger partial charge in [-0.1, -0.05) is 44.2 Å². The fourth-order valence-corrected chi connectivity index (χ4v) is 1.97. The average Bonchev–Trinajstić information content (AvgIpc) is 2.53. The van der Waals surface area contributed by atoms with Crippen LogP contribution in [0, 0.1) is 5.41 Å². The van der Waals surface area contributed by atoms with Crippen LogP contribution < -0.4 is 0 Å². The smallest absolute Gasteiger partial charge is 0.344 e. The summed E-state index contributed by atoms with van der Waals surface area (Å²) in [4.78, 5) is 34.7. The van der Waals surface area contributed by atoms with Gasteiger partial charge >= 0.3 is 17.9 Å². The van der Waals surface area contributed by atoms with Crippen molar-refractivity contribution < 1.29 is 29.0 Å². The Labute approximate surface area is 129 Å². The number of carbonyl (C=O) groups excluding carboxylic acids is 2. The standard InChI is InChI=1S/C16H20O6/c1-3-16(4-2,14(18)19)15(20)22-11-13(17)21-10-12-8-6-5-7-9-12/h5-9H,3-4,10-11H2,1-2H3,(H,18,19). The Balaban J connectivity index is 2.49. The lowest BCUT2D eigenvalue weighted by Gasteiger charge is -2.23. The van der Waals surface area contributed by atoms with E-state index < -0.39 is 29.9 Å². The van der Waals surface area contributed by atoms with Gasteiger partial charge in [-0.2, -0.15) is 0 Å².